The molecule has 1 aromatic carbocycles. The maximum absolute atomic E-state index is 11.8. The van der Waals surface area contributed by atoms with Crippen LogP contribution in [0.15, 0.2) is 18.2 Å². The summed E-state index contributed by atoms with van der Waals surface area (Å²) in [7, 11) is 5.37. The van der Waals surface area contributed by atoms with Gasteiger partial charge in [-0.1, -0.05) is 0 Å². The molecule has 5 nitrogen and oxygen atoms in total. The Labute approximate surface area is 107 Å². The molecule has 2 N–H and O–H groups in total. The van der Waals surface area contributed by atoms with E-state index in [1.165, 1.54) is 13.2 Å². The van der Waals surface area contributed by atoms with E-state index in [0.29, 0.717) is 17.9 Å². The highest BCUT2D eigenvalue weighted by Crippen LogP contribution is 2.25. The molecule has 0 spiro atoms. The molecule has 0 aliphatic carbocycles. The van der Waals surface area contributed by atoms with E-state index in [-0.39, 0.29) is 17.7 Å². The molecule has 1 atom stereocenters. The third-order valence-corrected chi connectivity index (χ3v) is 2.88. The van der Waals surface area contributed by atoms with Gasteiger partial charge in [0.1, 0.15) is 0 Å². The van der Waals surface area contributed by atoms with Crippen LogP contribution in [0.4, 0.5) is 0 Å². The number of rotatable bonds is 5. The molecule has 0 fully saturated rings. The molecule has 1 unspecified atom stereocenters. The first kappa shape index (κ1) is 14.3. The van der Waals surface area contributed by atoms with Gasteiger partial charge in [0.25, 0.3) is 5.91 Å². The van der Waals surface area contributed by atoms with Crippen LogP contribution in [0.25, 0.3) is 0 Å². The summed E-state index contributed by atoms with van der Waals surface area (Å²) in [6, 6.07) is 4.84. The summed E-state index contributed by atoms with van der Waals surface area (Å²) in [5.74, 6) is 0.112. The number of nitrogens with one attached hydrogen (secondary N) is 1. The van der Waals surface area contributed by atoms with Gasteiger partial charge in [0.05, 0.1) is 7.11 Å². The van der Waals surface area contributed by atoms with Gasteiger partial charge >= 0.3 is 0 Å². The van der Waals surface area contributed by atoms with Crippen LogP contribution in [0.2, 0.25) is 0 Å². The highest BCUT2D eigenvalue weighted by molar-refractivity contribution is 5.94. The lowest BCUT2D eigenvalue weighted by Gasteiger charge is -2.20. The molecule has 100 valence electrons. The van der Waals surface area contributed by atoms with Crippen molar-refractivity contribution in [3.63, 3.8) is 0 Å². The zero-order chi connectivity index (χ0) is 13.7. The molecule has 0 aliphatic rings. The van der Waals surface area contributed by atoms with Crippen LogP contribution in [0, 0.1) is 0 Å². The van der Waals surface area contributed by atoms with E-state index in [9.17, 15) is 9.90 Å². The first-order chi connectivity index (χ1) is 8.45. The number of hydrogen-bond donors (Lipinski definition) is 2. The average molecular weight is 252 g/mol. The van der Waals surface area contributed by atoms with E-state index in [1.54, 1.807) is 12.1 Å². The number of ether oxygens (including phenoxy) is 1. The van der Waals surface area contributed by atoms with Crippen molar-refractivity contribution in [2.75, 3.05) is 27.7 Å². The van der Waals surface area contributed by atoms with E-state index in [0.717, 1.165) is 0 Å². The third-order valence-electron chi connectivity index (χ3n) is 2.88. The molecule has 0 radical (unpaired) electrons. The number of aromatic hydroxyl groups is 1. The average Bonchev–Trinajstić information content (AvgIpc) is 2.35. The minimum atomic E-state index is -0.207. The van der Waals surface area contributed by atoms with Gasteiger partial charge < -0.3 is 20.1 Å². The van der Waals surface area contributed by atoms with Crippen molar-refractivity contribution in [1.29, 1.82) is 0 Å². The van der Waals surface area contributed by atoms with E-state index >= 15 is 0 Å². The molecule has 1 amide bonds. The number of likely N-dealkylation sites (N-methyl/N-ethyl adjacent to an activating group) is 1. The molecule has 5 heteroatoms. The van der Waals surface area contributed by atoms with Crippen LogP contribution in [0.3, 0.4) is 0 Å². The molecule has 1 rings (SSSR count). The molecule has 0 aliphatic heterocycles. The fourth-order valence-corrected chi connectivity index (χ4v) is 1.36. The Morgan fingerprint density at radius 1 is 1.50 bits per heavy atom. The minimum Gasteiger partial charge on any atom is -0.504 e. The maximum Gasteiger partial charge on any atom is 0.251 e. The second-order valence-corrected chi connectivity index (χ2v) is 4.41. The Balaban J connectivity index is 2.65. The minimum absolute atomic E-state index is 0.0363. The molecule has 18 heavy (non-hydrogen) atoms. The third kappa shape index (κ3) is 3.63. The predicted molar refractivity (Wildman–Crippen MR) is 70.1 cm³/mol. The lowest BCUT2D eigenvalue weighted by molar-refractivity contribution is 0.0943. The number of hydrogen-bond acceptors (Lipinski definition) is 4. The molecule has 0 heterocycles. The summed E-state index contributed by atoms with van der Waals surface area (Å²) in [6.45, 7) is 2.57. The first-order valence-corrected chi connectivity index (χ1v) is 5.77. The Kier molecular flexibility index (Phi) is 4.97. The summed E-state index contributed by atoms with van der Waals surface area (Å²) >= 11 is 0. The lowest BCUT2D eigenvalue weighted by Crippen LogP contribution is -2.38. The van der Waals surface area contributed by atoms with Crippen molar-refractivity contribution < 1.29 is 14.6 Å². The van der Waals surface area contributed by atoms with E-state index in [4.69, 9.17) is 4.74 Å². The highest BCUT2D eigenvalue weighted by atomic mass is 16.5. The van der Waals surface area contributed by atoms with Crippen molar-refractivity contribution in [1.82, 2.24) is 10.2 Å². The van der Waals surface area contributed by atoms with Crippen molar-refractivity contribution in [2.24, 2.45) is 0 Å². The second kappa shape index (κ2) is 6.26. The van der Waals surface area contributed by atoms with Gasteiger partial charge in [0.2, 0.25) is 0 Å². The Morgan fingerprint density at radius 3 is 2.67 bits per heavy atom. The van der Waals surface area contributed by atoms with Crippen LogP contribution < -0.4 is 10.1 Å². The summed E-state index contributed by atoms with van der Waals surface area (Å²) in [4.78, 5) is 13.9. The smallest absolute Gasteiger partial charge is 0.251 e. The molecule has 0 bridgehead atoms. The summed E-state index contributed by atoms with van der Waals surface area (Å²) < 4.78 is 4.92. The Morgan fingerprint density at radius 2 is 2.17 bits per heavy atom. The van der Waals surface area contributed by atoms with Crippen molar-refractivity contribution in [3.05, 3.63) is 23.8 Å². The zero-order valence-electron chi connectivity index (χ0n) is 11.2. The van der Waals surface area contributed by atoms with Gasteiger partial charge in [-0.05, 0) is 39.2 Å². The monoisotopic (exact) mass is 252 g/mol. The van der Waals surface area contributed by atoms with Gasteiger partial charge in [0.15, 0.2) is 11.5 Å². The highest BCUT2D eigenvalue weighted by Gasteiger charge is 2.11. The van der Waals surface area contributed by atoms with E-state index < -0.39 is 0 Å². The van der Waals surface area contributed by atoms with Crippen LogP contribution in [-0.4, -0.2) is 49.7 Å². The van der Waals surface area contributed by atoms with Crippen molar-refractivity contribution >= 4 is 5.91 Å². The summed E-state index contributed by atoms with van der Waals surface area (Å²) in [5, 5.41) is 12.4. The molecule has 1 aromatic rings. The SMILES string of the molecule is COc1ccc(C(=O)NCC(C)N(C)C)cc1O. The zero-order valence-corrected chi connectivity index (χ0v) is 11.2. The number of carbonyl (C=O) groups is 1. The van der Waals surface area contributed by atoms with Crippen molar-refractivity contribution in [2.45, 2.75) is 13.0 Å². The second-order valence-electron chi connectivity index (χ2n) is 4.41. The largest absolute Gasteiger partial charge is 0.504 e. The summed E-state index contributed by atoms with van der Waals surface area (Å²) in [5.41, 5.74) is 0.416. The predicted octanol–water partition coefficient (Wildman–Crippen LogP) is 1.08. The van der Waals surface area contributed by atoms with Crippen LogP contribution in [0.1, 0.15) is 17.3 Å². The molecular weight excluding hydrogens is 232 g/mol. The topological polar surface area (TPSA) is 61.8 Å². The number of carbonyl (C=O) groups excluding carboxylic acids is 1. The van der Waals surface area contributed by atoms with E-state index in [2.05, 4.69) is 5.32 Å². The number of phenols is 1. The van der Waals surface area contributed by atoms with Gasteiger partial charge in [-0.25, -0.2) is 0 Å². The van der Waals surface area contributed by atoms with Gasteiger partial charge in [-0.2, -0.15) is 0 Å². The van der Waals surface area contributed by atoms with Crippen LogP contribution >= 0.6 is 0 Å². The molecule has 0 saturated heterocycles. The van der Waals surface area contributed by atoms with Gasteiger partial charge in [-0.3, -0.25) is 4.79 Å². The maximum atomic E-state index is 11.8. The first-order valence-electron chi connectivity index (χ1n) is 5.77. The van der Waals surface area contributed by atoms with Crippen LogP contribution in [-0.2, 0) is 0 Å². The van der Waals surface area contributed by atoms with Gasteiger partial charge in [0, 0.05) is 18.2 Å². The van der Waals surface area contributed by atoms with Gasteiger partial charge in [-0.15, -0.1) is 0 Å². The number of amides is 1. The van der Waals surface area contributed by atoms with E-state index in [1.807, 2.05) is 25.9 Å². The molecular formula is C13H20N2O3. The van der Waals surface area contributed by atoms with Crippen molar-refractivity contribution in [3.8, 4) is 11.5 Å². The summed E-state index contributed by atoms with van der Waals surface area (Å²) in [6.07, 6.45) is 0. The number of benzene rings is 1. The standard InChI is InChI=1S/C13H20N2O3/c1-9(15(2)3)8-14-13(17)10-5-6-12(18-4)11(16)7-10/h5-7,9,16H,8H2,1-4H3,(H,14,17). The molecule has 0 aromatic heterocycles. The Bertz CT molecular complexity index is 419. The normalized spacial score (nSPS) is 12.3. The number of phenolic OH excluding ortho intramolecular Hbond substituents is 1. The number of nitrogens with zero attached hydrogens (tertiary/aromatic N) is 1. The fraction of sp³-hybridized carbons (Fsp3) is 0.462. The fourth-order valence-electron chi connectivity index (χ4n) is 1.36. The molecule has 0 saturated carbocycles. The lowest BCUT2D eigenvalue weighted by atomic mass is 10.2. The number of methoxy groups -OCH3 is 1. The quantitative estimate of drug-likeness (QED) is 0.823. The Hall–Kier alpha value is -1.75. The van der Waals surface area contributed by atoms with Crippen LogP contribution in [0.5, 0.6) is 11.5 Å².